The number of ether oxygens (including phenoxy) is 1. The molecule has 0 saturated carbocycles. The minimum Gasteiger partial charge on any atom is -0.410 e. The van der Waals surface area contributed by atoms with E-state index in [2.05, 4.69) is 51.8 Å². The van der Waals surface area contributed by atoms with Gasteiger partial charge >= 0.3 is 0 Å². The summed E-state index contributed by atoms with van der Waals surface area (Å²) in [6.45, 7) is 13.5. The van der Waals surface area contributed by atoms with E-state index in [-0.39, 0.29) is 23.4 Å². The second-order valence-corrected chi connectivity index (χ2v) is 13.6. The zero-order chi connectivity index (χ0) is 20.7. The molecule has 0 amide bonds. The van der Waals surface area contributed by atoms with Gasteiger partial charge in [-0.3, -0.25) is 14.3 Å². The third-order valence-corrected chi connectivity index (χ3v) is 10.4. The quantitative estimate of drug-likeness (QED) is 0.436. The lowest BCUT2D eigenvalue weighted by molar-refractivity contribution is 0.132. The van der Waals surface area contributed by atoms with Gasteiger partial charge in [0.2, 0.25) is 0 Å². The van der Waals surface area contributed by atoms with Crippen LogP contribution in [0.15, 0.2) is 41.3 Å². The van der Waals surface area contributed by atoms with E-state index in [1.54, 1.807) is 23.9 Å². The molecule has 3 rings (SSSR count). The number of rotatable bonds is 5. The van der Waals surface area contributed by atoms with Crippen LogP contribution in [0.1, 0.15) is 39.4 Å². The Hall–Kier alpha value is -2.02. The monoisotopic (exact) mass is 398 g/mol. The summed E-state index contributed by atoms with van der Waals surface area (Å²) < 4.78 is 13.5. The van der Waals surface area contributed by atoms with Crippen LogP contribution in [0.3, 0.4) is 0 Å². The fourth-order valence-corrected chi connectivity index (χ4v) is 4.59. The molecule has 2 heterocycles. The summed E-state index contributed by atoms with van der Waals surface area (Å²) in [6.07, 6.45) is 1.66. The van der Waals surface area contributed by atoms with E-state index in [4.69, 9.17) is 9.16 Å². The Kier molecular flexibility index (Phi) is 5.49. The highest BCUT2D eigenvalue weighted by Crippen LogP contribution is 2.40. The first-order valence-corrected chi connectivity index (χ1v) is 12.6. The minimum absolute atomic E-state index is 0.0594. The van der Waals surface area contributed by atoms with E-state index in [1.165, 1.54) is 0 Å². The van der Waals surface area contributed by atoms with Gasteiger partial charge in [-0.05, 0) is 48.8 Å². The first kappa shape index (κ1) is 20.7. The number of pyridine rings is 2. The Morgan fingerprint density at radius 1 is 1.18 bits per heavy atom. The topological polar surface area (TPSA) is 53.4 Å². The lowest BCUT2D eigenvalue weighted by Gasteiger charge is -2.38. The molecule has 0 bridgehead atoms. The van der Waals surface area contributed by atoms with Crippen molar-refractivity contribution in [3.63, 3.8) is 0 Å². The lowest BCUT2D eigenvalue weighted by Crippen LogP contribution is -2.41. The molecule has 28 heavy (non-hydrogen) atoms. The van der Waals surface area contributed by atoms with Gasteiger partial charge in [-0.15, -0.1) is 0 Å². The van der Waals surface area contributed by atoms with Gasteiger partial charge in [0.25, 0.3) is 5.56 Å². The maximum Gasteiger partial charge on any atom is 0.262 e. The van der Waals surface area contributed by atoms with E-state index >= 15 is 0 Å². The van der Waals surface area contributed by atoms with Gasteiger partial charge in [-0.1, -0.05) is 32.9 Å². The first-order chi connectivity index (χ1) is 13.1. The third kappa shape index (κ3) is 3.64. The van der Waals surface area contributed by atoms with Crippen molar-refractivity contribution >= 4 is 30.1 Å². The van der Waals surface area contributed by atoms with Crippen LogP contribution >= 0.6 is 0 Å². The SMILES string of the molecule is COCn1c(=O)c2cccnc2c2ccc(C(C)O[Si](C)(C)C(C)(C)C)cc21. The predicted molar refractivity (Wildman–Crippen MR) is 117 cm³/mol. The van der Waals surface area contributed by atoms with Crippen LogP contribution in [0.4, 0.5) is 0 Å². The zero-order valence-electron chi connectivity index (χ0n) is 17.9. The average molecular weight is 399 g/mol. The molecule has 5 nitrogen and oxygen atoms in total. The highest BCUT2D eigenvalue weighted by Gasteiger charge is 2.38. The summed E-state index contributed by atoms with van der Waals surface area (Å²) in [4.78, 5) is 17.5. The van der Waals surface area contributed by atoms with Crippen molar-refractivity contribution in [2.45, 2.75) is 58.7 Å². The number of methoxy groups -OCH3 is 1. The Balaban J connectivity index is 2.16. The smallest absolute Gasteiger partial charge is 0.262 e. The third-order valence-electron chi connectivity index (χ3n) is 5.86. The number of nitrogens with zero attached hydrogens (tertiary/aromatic N) is 2. The molecule has 0 fully saturated rings. The molecule has 3 aromatic rings. The molecule has 0 aliphatic rings. The van der Waals surface area contributed by atoms with Crippen LogP contribution in [0, 0.1) is 0 Å². The van der Waals surface area contributed by atoms with Gasteiger partial charge in [0, 0.05) is 18.7 Å². The maximum absolute atomic E-state index is 13.0. The van der Waals surface area contributed by atoms with Crippen molar-refractivity contribution in [3.05, 3.63) is 52.4 Å². The molecule has 1 unspecified atom stereocenters. The zero-order valence-corrected chi connectivity index (χ0v) is 18.9. The molecule has 0 aliphatic carbocycles. The first-order valence-electron chi connectivity index (χ1n) is 9.65. The van der Waals surface area contributed by atoms with Crippen molar-refractivity contribution in [1.82, 2.24) is 9.55 Å². The Bertz CT molecular complexity index is 1070. The van der Waals surface area contributed by atoms with Gasteiger partial charge in [-0.25, -0.2) is 0 Å². The van der Waals surface area contributed by atoms with Crippen LogP contribution in [-0.4, -0.2) is 25.0 Å². The largest absolute Gasteiger partial charge is 0.410 e. The van der Waals surface area contributed by atoms with E-state index < -0.39 is 8.32 Å². The molecule has 2 aromatic heterocycles. The van der Waals surface area contributed by atoms with E-state index in [9.17, 15) is 4.79 Å². The van der Waals surface area contributed by atoms with Crippen molar-refractivity contribution in [2.24, 2.45) is 0 Å². The summed E-state index contributed by atoms with van der Waals surface area (Å²) in [6, 6.07) is 9.76. The van der Waals surface area contributed by atoms with Crippen molar-refractivity contribution in [1.29, 1.82) is 0 Å². The van der Waals surface area contributed by atoms with Crippen LogP contribution < -0.4 is 5.56 Å². The fourth-order valence-electron chi connectivity index (χ4n) is 3.22. The molecule has 1 atom stereocenters. The van der Waals surface area contributed by atoms with E-state index in [1.807, 2.05) is 18.2 Å². The molecule has 0 spiro atoms. The molecule has 6 heteroatoms. The highest BCUT2D eigenvalue weighted by atomic mass is 28.4. The summed E-state index contributed by atoms with van der Waals surface area (Å²) in [5.74, 6) is 0. The molecule has 0 aliphatic heterocycles. The van der Waals surface area contributed by atoms with Crippen molar-refractivity contribution in [3.8, 4) is 0 Å². The van der Waals surface area contributed by atoms with Crippen molar-refractivity contribution in [2.75, 3.05) is 7.11 Å². The van der Waals surface area contributed by atoms with Crippen LogP contribution in [0.2, 0.25) is 18.1 Å². The maximum atomic E-state index is 13.0. The molecule has 0 saturated heterocycles. The molecule has 150 valence electrons. The second-order valence-electron chi connectivity index (χ2n) is 8.85. The molecular weight excluding hydrogens is 368 g/mol. The minimum atomic E-state index is -1.91. The van der Waals surface area contributed by atoms with E-state index in [0.717, 1.165) is 22.0 Å². The average Bonchev–Trinajstić information content (AvgIpc) is 2.63. The van der Waals surface area contributed by atoms with Gasteiger partial charge in [0.1, 0.15) is 6.73 Å². The lowest BCUT2D eigenvalue weighted by atomic mass is 10.1. The number of hydrogen-bond donors (Lipinski definition) is 0. The van der Waals surface area contributed by atoms with Crippen LogP contribution in [0.5, 0.6) is 0 Å². The molecule has 0 radical (unpaired) electrons. The second kappa shape index (κ2) is 7.42. The number of hydrogen-bond acceptors (Lipinski definition) is 4. The molecular formula is C22H30N2O3Si. The Morgan fingerprint density at radius 2 is 1.89 bits per heavy atom. The van der Waals surface area contributed by atoms with Crippen LogP contribution in [-0.2, 0) is 15.9 Å². The fraction of sp³-hybridized carbons (Fsp3) is 0.455. The van der Waals surface area contributed by atoms with Crippen molar-refractivity contribution < 1.29 is 9.16 Å². The van der Waals surface area contributed by atoms with Gasteiger partial charge < -0.3 is 9.16 Å². The van der Waals surface area contributed by atoms with Gasteiger partial charge in [-0.2, -0.15) is 0 Å². The summed E-state index contributed by atoms with van der Waals surface area (Å²) in [5, 5.41) is 1.68. The standard InChI is InChI=1S/C22H30N2O3Si/c1-15(27-28(6,7)22(2,3)4)16-10-11-17-19(13-16)24(14-26-5)21(25)18-9-8-12-23-20(17)18/h8-13,15H,14H2,1-7H3. The number of fused-ring (bicyclic) bond motifs is 3. The normalized spacial score (nSPS) is 14.0. The summed E-state index contributed by atoms with van der Waals surface area (Å²) in [7, 11) is -0.311. The summed E-state index contributed by atoms with van der Waals surface area (Å²) in [5.41, 5.74) is 2.50. The van der Waals surface area contributed by atoms with E-state index in [0.29, 0.717) is 5.39 Å². The predicted octanol–water partition coefficient (Wildman–Crippen LogP) is 5.24. The van der Waals surface area contributed by atoms with Crippen LogP contribution in [0.25, 0.3) is 21.8 Å². The van der Waals surface area contributed by atoms with Gasteiger partial charge in [0.15, 0.2) is 8.32 Å². The molecule has 0 N–H and O–H groups in total. The Labute approximate surface area is 167 Å². The molecule has 1 aromatic carbocycles. The van der Waals surface area contributed by atoms with Gasteiger partial charge in [0.05, 0.1) is 22.5 Å². The number of benzene rings is 1. The number of aromatic nitrogens is 2. The highest BCUT2D eigenvalue weighted by molar-refractivity contribution is 6.74. The Morgan fingerprint density at radius 3 is 2.54 bits per heavy atom. The summed E-state index contributed by atoms with van der Waals surface area (Å²) >= 11 is 0.